The van der Waals surface area contributed by atoms with Crippen LogP contribution in [0.25, 0.3) is 0 Å². The van der Waals surface area contributed by atoms with Gasteiger partial charge in [-0.05, 0) is 50.1 Å². The van der Waals surface area contributed by atoms with Gasteiger partial charge < -0.3 is 9.73 Å². The first-order valence-corrected chi connectivity index (χ1v) is 6.74. The Hall–Kier alpha value is -2.89. The molecule has 0 aliphatic heterocycles. The van der Waals surface area contributed by atoms with E-state index in [9.17, 15) is 9.59 Å². The van der Waals surface area contributed by atoms with E-state index in [1.54, 1.807) is 25.1 Å². The first-order valence-electron chi connectivity index (χ1n) is 6.74. The van der Waals surface area contributed by atoms with Crippen LogP contribution in [0.15, 0.2) is 46.1 Å². The second-order valence-corrected chi connectivity index (χ2v) is 4.89. The molecule has 6 heteroatoms. The zero-order chi connectivity index (χ0) is 16.1. The molecule has 1 aromatic carbocycles. The van der Waals surface area contributed by atoms with Crippen molar-refractivity contribution in [3.63, 3.8) is 0 Å². The van der Waals surface area contributed by atoms with Crippen LogP contribution < -0.4 is 10.7 Å². The Morgan fingerprint density at radius 1 is 1.14 bits per heavy atom. The van der Waals surface area contributed by atoms with Crippen LogP contribution in [0, 0.1) is 13.8 Å². The molecule has 0 saturated carbocycles. The van der Waals surface area contributed by atoms with E-state index in [2.05, 4.69) is 15.8 Å². The van der Waals surface area contributed by atoms with Crippen LogP contribution in [-0.2, 0) is 9.59 Å². The smallest absolute Gasteiger partial charge is 0.329 e. The summed E-state index contributed by atoms with van der Waals surface area (Å²) in [6, 6.07) is 9.03. The molecule has 6 nitrogen and oxygen atoms in total. The maximum atomic E-state index is 11.9. The molecule has 1 heterocycles. The van der Waals surface area contributed by atoms with Gasteiger partial charge in [0, 0.05) is 5.69 Å². The summed E-state index contributed by atoms with van der Waals surface area (Å²) in [5.41, 5.74) is 5.15. The molecule has 22 heavy (non-hydrogen) atoms. The number of anilines is 1. The van der Waals surface area contributed by atoms with Crippen molar-refractivity contribution in [3.05, 3.63) is 53.5 Å². The van der Waals surface area contributed by atoms with E-state index < -0.39 is 11.8 Å². The number of hydrogen-bond donors (Lipinski definition) is 2. The Balaban J connectivity index is 1.99. The van der Waals surface area contributed by atoms with Gasteiger partial charge in [-0.15, -0.1) is 0 Å². The lowest BCUT2D eigenvalue weighted by Crippen LogP contribution is -2.33. The number of amides is 2. The zero-order valence-corrected chi connectivity index (χ0v) is 12.6. The molecule has 0 atom stereocenters. The number of nitrogens with one attached hydrogen (secondary N) is 2. The SMILES string of the molecule is C/C(=N\NC(=O)C(=O)Nc1cc(C)ccc1C)c1ccco1. The molecule has 0 radical (unpaired) electrons. The van der Waals surface area contributed by atoms with Crippen LogP contribution in [0.2, 0.25) is 0 Å². The first-order chi connectivity index (χ1) is 10.5. The number of carbonyl (C=O) groups excluding carboxylic acids is 2. The third kappa shape index (κ3) is 3.82. The quantitative estimate of drug-likeness (QED) is 0.518. The average molecular weight is 299 g/mol. The maximum absolute atomic E-state index is 11.9. The van der Waals surface area contributed by atoms with Crippen molar-refractivity contribution in [3.8, 4) is 0 Å². The fraction of sp³-hybridized carbons (Fsp3) is 0.188. The molecule has 2 N–H and O–H groups in total. The van der Waals surface area contributed by atoms with Gasteiger partial charge in [-0.1, -0.05) is 12.1 Å². The second-order valence-electron chi connectivity index (χ2n) is 4.89. The van der Waals surface area contributed by atoms with Crippen molar-refractivity contribution >= 4 is 23.2 Å². The molecule has 2 rings (SSSR count). The molecule has 0 saturated heterocycles. The van der Waals surface area contributed by atoms with Gasteiger partial charge in [0.25, 0.3) is 0 Å². The highest BCUT2D eigenvalue weighted by Crippen LogP contribution is 2.16. The van der Waals surface area contributed by atoms with Gasteiger partial charge in [-0.2, -0.15) is 5.10 Å². The predicted octanol–water partition coefficient (Wildman–Crippen LogP) is 2.38. The van der Waals surface area contributed by atoms with Crippen molar-refractivity contribution in [1.29, 1.82) is 0 Å². The number of hydrogen-bond acceptors (Lipinski definition) is 4. The summed E-state index contributed by atoms with van der Waals surface area (Å²) in [4.78, 5) is 23.6. The van der Waals surface area contributed by atoms with Gasteiger partial charge in [0.05, 0.1) is 6.26 Å². The van der Waals surface area contributed by atoms with Gasteiger partial charge in [-0.25, -0.2) is 5.43 Å². The van der Waals surface area contributed by atoms with Gasteiger partial charge in [-0.3, -0.25) is 9.59 Å². The van der Waals surface area contributed by atoms with Crippen LogP contribution >= 0.6 is 0 Å². The minimum absolute atomic E-state index is 0.470. The monoisotopic (exact) mass is 299 g/mol. The summed E-state index contributed by atoms with van der Waals surface area (Å²) in [6.07, 6.45) is 1.50. The van der Waals surface area contributed by atoms with Crippen LogP contribution in [0.3, 0.4) is 0 Å². The number of carbonyl (C=O) groups is 2. The second kappa shape index (κ2) is 6.71. The van der Waals surface area contributed by atoms with E-state index in [4.69, 9.17) is 4.42 Å². The Morgan fingerprint density at radius 2 is 1.91 bits per heavy atom. The van der Waals surface area contributed by atoms with Crippen molar-refractivity contribution in [1.82, 2.24) is 5.43 Å². The zero-order valence-electron chi connectivity index (χ0n) is 12.6. The lowest BCUT2D eigenvalue weighted by atomic mass is 10.1. The molecular formula is C16H17N3O3. The van der Waals surface area contributed by atoms with Gasteiger partial charge in [0.2, 0.25) is 0 Å². The lowest BCUT2D eigenvalue weighted by molar-refractivity contribution is -0.136. The molecule has 2 amide bonds. The summed E-state index contributed by atoms with van der Waals surface area (Å²) in [5.74, 6) is -1.09. The van der Waals surface area contributed by atoms with Crippen LogP contribution in [-0.4, -0.2) is 17.5 Å². The highest BCUT2D eigenvalue weighted by atomic mass is 16.3. The molecule has 0 unspecified atom stereocenters. The molecule has 0 spiro atoms. The Kier molecular flexibility index (Phi) is 4.73. The normalized spacial score (nSPS) is 11.1. The van der Waals surface area contributed by atoms with Gasteiger partial charge in [0.1, 0.15) is 11.5 Å². The van der Waals surface area contributed by atoms with E-state index in [0.717, 1.165) is 11.1 Å². The van der Waals surface area contributed by atoms with Crippen LogP contribution in [0.1, 0.15) is 23.8 Å². The number of hydrazone groups is 1. The van der Waals surface area contributed by atoms with E-state index in [0.29, 0.717) is 17.2 Å². The molecule has 114 valence electrons. The number of aryl methyl sites for hydroxylation is 2. The fourth-order valence-electron chi connectivity index (χ4n) is 1.77. The van der Waals surface area contributed by atoms with E-state index in [-0.39, 0.29) is 0 Å². The summed E-state index contributed by atoms with van der Waals surface area (Å²) in [7, 11) is 0. The van der Waals surface area contributed by atoms with E-state index in [1.807, 2.05) is 26.0 Å². The molecule has 0 aliphatic rings. The number of benzene rings is 1. The number of rotatable bonds is 3. The standard InChI is InChI=1S/C16H17N3O3/c1-10-6-7-11(2)13(9-10)17-15(20)16(21)19-18-12(3)14-5-4-8-22-14/h4-9H,1-3H3,(H,17,20)(H,19,21)/b18-12+. The molecule has 0 fully saturated rings. The Labute approximate surface area is 128 Å². The average Bonchev–Trinajstić information content (AvgIpc) is 3.02. The molecular weight excluding hydrogens is 282 g/mol. The van der Waals surface area contributed by atoms with Crippen molar-refractivity contribution in [2.24, 2.45) is 5.10 Å². The van der Waals surface area contributed by atoms with Crippen LogP contribution in [0.4, 0.5) is 5.69 Å². The van der Waals surface area contributed by atoms with Crippen LogP contribution in [0.5, 0.6) is 0 Å². The summed E-state index contributed by atoms with van der Waals surface area (Å²) in [5, 5.41) is 6.40. The third-order valence-electron chi connectivity index (χ3n) is 3.05. The number of furan rings is 1. The lowest BCUT2D eigenvalue weighted by Gasteiger charge is -2.08. The highest BCUT2D eigenvalue weighted by Gasteiger charge is 2.14. The fourth-order valence-corrected chi connectivity index (χ4v) is 1.77. The Morgan fingerprint density at radius 3 is 2.59 bits per heavy atom. The first kappa shape index (κ1) is 15.5. The minimum Gasteiger partial charge on any atom is -0.463 e. The van der Waals surface area contributed by atoms with Crippen molar-refractivity contribution < 1.29 is 14.0 Å². The van der Waals surface area contributed by atoms with Gasteiger partial charge >= 0.3 is 11.8 Å². The van der Waals surface area contributed by atoms with E-state index >= 15 is 0 Å². The van der Waals surface area contributed by atoms with Crippen molar-refractivity contribution in [2.75, 3.05) is 5.32 Å². The summed E-state index contributed by atoms with van der Waals surface area (Å²) in [6.45, 7) is 5.43. The minimum atomic E-state index is -0.841. The van der Waals surface area contributed by atoms with Crippen molar-refractivity contribution in [2.45, 2.75) is 20.8 Å². The molecule has 0 aliphatic carbocycles. The molecule has 1 aromatic heterocycles. The van der Waals surface area contributed by atoms with Gasteiger partial charge in [0.15, 0.2) is 0 Å². The third-order valence-corrected chi connectivity index (χ3v) is 3.05. The highest BCUT2D eigenvalue weighted by molar-refractivity contribution is 6.39. The largest absolute Gasteiger partial charge is 0.463 e. The summed E-state index contributed by atoms with van der Waals surface area (Å²) >= 11 is 0. The number of nitrogens with zero attached hydrogens (tertiary/aromatic N) is 1. The van der Waals surface area contributed by atoms with E-state index in [1.165, 1.54) is 6.26 Å². The molecule has 0 bridgehead atoms. The predicted molar refractivity (Wildman–Crippen MR) is 83.6 cm³/mol. The Bertz CT molecular complexity index is 718. The summed E-state index contributed by atoms with van der Waals surface area (Å²) < 4.78 is 5.13. The maximum Gasteiger partial charge on any atom is 0.329 e. The topological polar surface area (TPSA) is 83.7 Å². The molecule has 2 aromatic rings.